The third-order valence-corrected chi connectivity index (χ3v) is 20.4. The molecule has 14 nitrogen and oxygen atoms in total. The van der Waals surface area contributed by atoms with Crippen molar-refractivity contribution in [3.05, 3.63) is 191 Å². The molecule has 0 saturated heterocycles. The predicted octanol–water partition coefficient (Wildman–Crippen LogP) is 23.4. The quantitative estimate of drug-likeness (QED) is 0.0216. The van der Waals surface area contributed by atoms with E-state index in [1.54, 1.807) is 60.7 Å². The van der Waals surface area contributed by atoms with Crippen molar-refractivity contribution in [3.8, 4) is 34.5 Å². The lowest BCUT2D eigenvalue weighted by molar-refractivity contribution is -0.0616. The van der Waals surface area contributed by atoms with E-state index >= 15 is 0 Å². The number of ether oxygens (including phenoxy) is 7. The summed E-state index contributed by atoms with van der Waals surface area (Å²) in [5.41, 5.74) is 6.50. The van der Waals surface area contributed by atoms with Crippen LogP contribution in [0.2, 0.25) is 0 Å². The van der Waals surface area contributed by atoms with Gasteiger partial charge in [-0.05, 0) is 280 Å². The van der Waals surface area contributed by atoms with Crippen LogP contribution in [0.1, 0.15) is 314 Å². The van der Waals surface area contributed by atoms with Gasteiger partial charge in [-0.3, -0.25) is 0 Å². The first-order valence-electron chi connectivity index (χ1n) is 37.8. The number of rotatable bonds is 27. The maximum Gasteiger partial charge on any atom is 0.342 e. The zero-order valence-electron chi connectivity index (χ0n) is 64.4. The Balaban J connectivity index is 0.000000263. The van der Waals surface area contributed by atoms with Crippen molar-refractivity contribution in [2.24, 2.45) is 0 Å². The molecule has 0 amide bonds. The first-order valence-corrected chi connectivity index (χ1v) is 37.8. The molecule has 14 heteroatoms. The number of carbonyl (C=O) groups is 3. The van der Waals surface area contributed by atoms with Crippen LogP contribution in [0.15, 0.2) is 141 Å². The molecular weight excluding hydrogens is 1280 g/mol. The standard InChI is InChI=1S/2C18H26O3.C16H20O3.C14H22O2.C12H16O2.C10H14O/c2*1-4-13(3)14-8-9-16(19)15(12-14)17(20)21-18(5-2)10-6-7-11-18;1-3-12-7-8-14(17)13(11-12)15(18)19-16(4-2)9-5-6-10-16;1-5-11(3)13-7-9-14(10-8-13)16-12(4)15-6-2;1-4-11-6-8-12(9-7-11)14-10(3)13-5-2;1-3-8(2)9-4-6-10(11)7-5-9/h2*8-9,12-13,19H,4-7,10-11H2,1-3H3;3,7-8,11,17H,1,4-6,9-10H2,2H3;7-12H,5-6H2,1-4H3;4,6-10H,1,5H2,2-3H3;4-8,11H,3H2,1-2H3. The summed E-state index contributed by atoms with van der Waals surface area (Å²) in [6, 6.07) is 38.8. The minimum Gasteiger partial charge on any atom is -0.508 e. The molecule has 102 heavy (non-hydrogen) atoms. The molecule has 560 valence electrons. The molecule has 3 aliphatic rings. The van der Waals surface area contributed by atoms with E-state index in [1.165, 1.54) is 17.2 Å². The van der Waals surface area contributed by atoms with E-state index in [0.717, 1.165) is 156 Å². The summed E-state index contributed by atoms with van der Waals surface area (Å²) in [7, 11) is 0. The van der Waals surface area contributed by atoms with Crippen molar-refractivity contribution in [2.45, 2.75) is 279 Å². The van der Waals surface area contributed by atoms with Gasteiger partial charge in [0.2, 0.25) is 0 Å². The molecule has 0 bridgehead atoms. The molecule has 4 N–H and O–H groups in total. The average Bonchev–Trinajstić information content (AvgIpc) is 1.49. The molecule has 6 aromatic rings. The summed E-state index contributed by atoms with van der Waals surface area (Å²) in [5.74, 6) is 2.73. The second kappa shape index (κ2) is 44.4. The molecule has 6 atom stereocenters. The van der Waals surface area contributed by atoms with Crippen molar-refractivity contribution < 1.29 is 68.0 Å². The van der Waals surface area contributed by atoms with Gasteiger partial charge in [-0.1, -0.05) is 156 Å². The Morgan fingerprint density at radius 2 is 0.657 bits per heavy atom. The van der Waals surface area contributed by atoms with Crippen molar-refractivity contribution >= 4 is 30.1 Å². The topological polar surface area (TPSA) is 197 Å². The normalized spacial score (nSPS) is 16.1. The number of phenolic OH excluding ortho intramolecular Hbond substituents is 4. The fourth-order valence-electron chi connectivity index (χ4n) is 12.5. The molecule has 3 fully saturated rings. The Labute approximate surface area is 612 Å². The summed E-state index contributed by atoms with van der Waals surface area (Å²) in [6.07, 6.45) is 22.1. The molecule has 3 aliphatic carbocycles. The summed E-state index contributed by atoms with van der Waals surface area (Å²) >= 11 is 0. The maximum atomic E-state index is 12.5. The third kappa shape index (κ3) is 27.6. The van der Waals surface area contributed by atoms with Gasteiger partial charge < -0.3 is 53.6 Å². The Kier molecular flexibility index (Phi) is 37.6. The van der Waals surface area contributed by atoms with Crippen LogP contribution >= 0.6 is 0 Å². The SMILES string of the molecule is C=Cc1ccc(O)c(C(=O)OC2(CC)CCCC2)c1.C=Cc1ccc(OC(C)OCC)cc1.CCC(C)c1ccc(O)c(C(=O)OC2(CC)CCCC2)c1.CCC(C)c1ccc(O)c(C(=O)OC2(CC)CCCC2)c1.CCC(C)c1ccc(O)cc1.CCOC(C)Oc1ccc(C(C)CC)cc1. The number of benzene rings is 6. The molecule has 0 heterocycles. The first kappa shape index (κ1) is 86.3. The van der Waals surface area contributed by atoms with Crippen molar-refractivity contribution in [3.63, 3.8) is 0 Å². The Hall–Kier alpha value is -8.07. The van der Waals surface area contributed by atoms with Gasteiger partial charge in [-0.15, -0.1) is 0 Å². The maximum absolute atomic E-state index is 12.5. The highest BCUT2D eigenvalue weighted by molar-refractivity contribution is 5.94. The molecule has 6 aromatic carbocycles. The van der Waals surface area contributed by atoms with E-state index in [4.69, 9.17) is 38.3 Å². The van der Waals surface area contributed by atoms with Crippen LogP contribution in [0.3, 0.4) is 0 Å². The fourth-order valence-corrected chi connectivity index (χ4v) is 12.5. The zero-order valence-corrected chi connectivity index (χ0v) is 64.4. The van der Waals surface area contributed by atoms with Crippen LogP contribution in [0.5, 0.6) is 34.5 Å². The number of phenols is 4. The zero-order chi connectivity index (χ0) is 75.4. The fraction of sp³-hybridized carbons (Fsp3) is 0.511. The number of aromatic hydroxyl groups is 4. The lowest BCUT2D eigenvalue weighted by atomic mass is 9.96. The Morgan fingerprint density at radius 3 is 0.961 bits per heavy atom. The molecule has 0 spiro atoms. The van der Waals surface area contributed by atoms with Gasteiger partial charge in [-0.2, -0.15) is 0 Å². The van der Waals surface area contributed by atoms with Gasteiger partial charge in [0.25, 0.3) is 0 Å². The van der Waals surface area contributed by atoms with E-state index in [1.807, 2.05) is 95.3 Å². The molecule has 0 aliphatic heterocycles. The van der Waals surface area contributed by atoms with E-state index < -0.39 is 5.97 Å². The molecule has 0 aromatic heterocycles. The van der Waals surface area contributed by atoms with Crippen LogP contribution in [-0.4, -0.2) is 80.9 Å². The van der Waals surface area contributed by atoms with Crippen LogP contribution in [0, 0.1) is 0 Å². The summed E-state index contributed by atoms with van der Waals surface area (Å²) in [4.78, 5) is 37.2. The van der Waals surface area contributed by atoms with Gasteiger partial charge in [0.1, 0.15) is 68.0 Å². The van der Waals surface area contributed by atoms with Crippen molar-refractivity contribution in [1.29, 1.82) is 0 Å². The molecule has 6 unspecified atom stereocenters. The highest BCUT2D eigenvalue weighted by Gasteiger charge is 2.39. The van der Waals surface area contributed by atoms with Gasteiger partial charge in [0, 0.05) is 13.2 Å². The van der Waals surface area contributed by atoms with E-state index in [9.17, 15) is 29.7 Å². The molecular formula is C88H124O14. The third-order valence-electron chi connectivity index (χ3n) is 20.4. The van der Waals surface area contributed by atoms with Gasteiger partial charge in [0.15, 0.2) is 12.6 Å². The second-order valence-electron chi connectivity index (χ2n) is 27.4. The first-order chi connectivity index (χ1) is 48.8. The largest absolute Gasteiger partial charge is 0.508 e. The van der Waals surface area contributed by atoms with Crippen LogP contribution in [0.25, 0.3) is 12.2 Å². The summed E-state index contributed by atoms with van der Waals surface area (Å²) in [6.45, 7) is 39.8. The number of esters is 3. The van der Waals surface area contributed by atoms with Crippen LogP contribution in [-0.2, 0) is 23.7 Å². The lowest BCUT2D eigenvalue weighted by Crippen LogP contribution is -2.31. The monoisotopic (exact) mass is 1400 g/mol. The molecule has 3 saturated carbocycles. The minimum absolute atomic E-state index is 0.0105. The van der Waals surface area contributed by atoms with E-state index in [-0.39, 0.29) is 64.1 Å². The Bertz CT molecular complexity index is 3330. The number of carbonyl (C=O) groups excluding carboxylic acids is 3. The van der Waals surface area contributed by atoms with Crippen molar-refractivity contribution in [2.75, 3.05) is 13.2 Å². The Morgan fingerprint density at radius 1 is 0.382 bits per heavy atom. The molecule has 0 radical (unpaired) electrons. The van der Waals surface area contributed by atoms with Crippen LogP contribution < -0.4 is 9.47 Å². The number of hydrogen-bond acceptors (Lipinski definition) is 14. The summed E-state index contributed by atoms with van der Waals surface area (Å²) < 4.78 is 38.9. The predicted molar refractivity (Wildman–Crippen MR) is 414 cm³/mol. The van der Waals surface area contributed by atoms with Crippen LogP contribution in [0.4, 0.5) is 0 Å². The van der Waals surface area contributed by atoms with Gasteiger partial charge in [-0.25, -0.2) is 14.4 Å². The second-order valence-corrected chi connectivity index (χ2v) is 27.4. The van der Waals surface area contributed by atoms with Crippen molar-refractivity contribution in [1.82, 2.24) is 0 Å². The van der Waals surface area contributed by atoms with Gasteiger partial charge >= 0.3 is 17.9 Å². The van der Waals surface area contributed by atoms with Gasteiger partial charge in [0.05, 0.1) is 0 Å². The average molecular weight is 1410 g/mol. The van der Waals surface area contributed by atoms with E-state index in [0.29, 0.717) is 53.8 Å². The molecule has 9 rings (SSSR count). The lowest BCUT2D eigenvalue weighted by Gasteiger charge is -2.28. The number of hydrogen-bond donors (Lipinski definition) is 4. The highest BCUT2D eigenvalue weighted by atomic mass is 16.7. The van der Waals surface area contributed by atoms with E-state index in [2.05, 4.69) is 94.5 Å². The highest BCUT2D eigenvalue weighted by Crippen LogP contribution is 2.41. The smallest absolute Gasteiger partial charge is 0.342 e. The minimum atomic E-state index is -0.440. The summed E-state index contributed by atoms with van der Waals surface area (Å²) in [5, 5.41) is 38.8.